The molecule has 0 bridgehead atoms. The highest BCUT2D eigenvalue weighted by Gasteiger charge is 1.56. The molecule has 0 fully saturated rings. The Bertz CT molecular complexity index is 103. The van der Waals surface area contributed by atoms with Gasteiger partial charge in [0.25, 0.3) is 0 Å². The van der Waals surface area contributed by atoms with Crippen LogP contribution >= 0.6 is 0 Å². The summed E-state index contributed by atoms with van der Waals surface area (Å²) in [5, 5.41) is 0. The maximum absolute atomic E-state index is 3.86. The summed E-state index contributed by atoms with van der Waals surface area (Å²) in [7, 11) is 0. The van der Waals surface area contributed by atoms with Gasteiger partial charge >= 0.3 is 0 Å². The van der Waals surface area contributed by atoms with Crippen LogP contribution < -0.4 is 0 Å². The quantitative estimate of drug-likeness (QED) is 0.341. The SMILES string of the molecule is CC#CC=NCC. The third-order valence-corrected chi connectivity index (χ3v) is 0.483. The van der Waals surface area contributed by atoms with Crippen molar-refractivity contribution >= 4 is 6.21 Å². The average molecular weight is 95.1 g/mol. The Labute approximate surface area is 44.5 Å². The lowest BCUT2D eigenvalue weighted by molar-refractivity contribution is 1.14. The minimum Gasteiger partial charge on any atom is -0.284 e. The van der Waals surface area contributed by atoms with Crippen molar-refractivity contribution in [3.8, 4) is 11.8 Å². The topological polar surface area (TPSA) is 12.4 Å². The molecule has 0 unspecified atom stereocenters. The molecule has 0 spiro atoms. The smallest absolute Gasteiger partial charge is 0.0710 e. The molecule has 1 nitrogen and oxygen atoms in total. The van der Waals surface area contributed by atoms with Crippen LogP contribution in [0.3, 0.4) is 0 Å². The number of hydrogen-bond acceptors (Lipinski definition) is 1. The first kappa shape index (κ1) is 6.23. The van der Waals surface area contributed by atoms with Crippen LogP contribution in [0.2, 0.25) is 0 Å². The summed E-state index contributed by atoms with van der Waals surface area (Å²) < 4.78 is 0. The monoisotopic (exact) mass is 95.1 g/mol. The molecule has 0 radical (unpaired) electrons. The molecule has 0 N–H and O–H groups in total. The molecule has 0 heterocycles. The molecule has 0 atom stereocenters. The Hall–Kier alpha value is -0.770. The standard InChI is InChI=1S/C6H9N/c1-3-5-6-7-4-2/h6H,4H2,1-2H3. The first-order valence-corrected chi connectivity index (χ1v) is 2.32. The van der Waals surface area contributed by atoms with Gasteiger partial charge < -0.3 is 0 Å². The minimum absolute atomic E-state index is 0.828. The summed E-state index contributed by atoms with van der Waals surface area (Å²) in [5.41, 5.74) is 0. The van der Waals surface area contributed by atoms with Crippen LogP contribution in [-0.4, -0.2) is 12.8 Å². The van der Waals surface area contributed by atoms with Gasteiger partial charge in [-0.1, -0.05) is 5.92 Å². The summed E-state index contributed by atoms with van der Waals surface area (Å²) in [6, 6.07) is 0. The van der Waals surface area contributed by atoms with Crippen LogP contribution in [0.5, 0.6) is 0 Å². The van der Waals surface area contributed by atoms with E-state index in [1.807, 2.05) is 6.92 Å². The van der Waals surface area contributed by atoms with E-state index in [0.717, 1.165) is 6.54 Å². The average Bonchev–Trinajstić information content (AvgIpc) is 1.69. The summed E-state index contributed by atoms with van der Waals surface area (Å²) in [5.74, 6) is 5.41. The van der Waals surface area contributed by atoms with Crippen LogP contribution in [0, 0.1) is 11.8 Å². The number of rotatable bonds is 1. The molecule has 0 aromatic rings. The zero-order valence-corrected chi connectivity index (χ0v) is 4.73. The molecule has 0 aliphatic carbocycles. The second-order valence-corrected chi connectivity index (χ2v) is 1.02. The van der Waals surface area contributed by atoms with Crippen molar-refractivity contribution in [3.63, 3.8) is 0 Å². The Morgan fingerprint density at radius 3 is 2.86 bits per heavy atom. The van der Waals surface area contributed by atoms with Gasteiger partial charge in [0.1, 0.15) is 0 Å². The van der Waals surface area contributed by atoms with E-state index in [0.29, 0.717) is 0 Å². The largest absolute Gasteiger partial charge is 0.284 e. The van der Waals surface area contributed by atoms with E-state index in [4.69, 9.17) is 0 Å². The maximum Gasteiger partial charge on any atom is 0.0710 e. The van der Waals surface area contributed by atoms with Crippen molar-refractivity contribution in [1.29, 1.82) is 0 Å². The lowest BCUT2D eigenvalue weighted by Crippen LogP contribution is -1.67. The van der Waals surface area contributed by atoms with E-state index >= 15 is 0 Å². The van der Waals surface area contributed by atoms with Crippen LogP contribution in [0.15, 0.2) is 4.99 Å². The predicted octanol–water partition coefficient (Wildman–Crippen LogP) is 1.10. The molecule has 0 rings (SSSR count). The van der Waals surface area contributed by atoms with Crippen LogP contribution in [0.25, 0.3) is 0 Å². The van der Waals surface area contributed by atoms with Gasteiger partial charge in [-0.2, -0.15) is 0 Å². The summed E-state index contributed by atoms with van der Waals surface area (Å²) in [6.45, 7) is 4.60. The zero-order chi connectivity index (χ0) is 5.54. The molecule has 0 aromatic heterocycles. The third-order valence-electron chi connectivity index (χ3n) is 0.483. The van der Waals surface area contributed by atoms with Crippen molar-refractivity contribution in [3.05, 3.63) is 0 Å². The fraction of sp³-hybridized carbons (Fsp3) is 0.500. The molecule has 0 saturated heterocycles. The van der Waals surface area contributed by atoms with Crippen molar-refractivity contribution in [2.75, 3.05) is 6.54 Å². The van der Waals surface area contributed by atoms with E-state index in [1.165, 1.54) is 0 Å². The van der Waals surface area contributed by atoms with Gasteiger partial charge in [0.2, 0.25) is 0 Å². The fourth-order valence-corrected chi connectivity index (χ4v) is 0.201. The summed E-state index contributed by atoms with van der Waals surface area (Å²) >= 11 is 0. The normalized spacial score (nSPS) is 8.29. The van der Waals surface area contributed by atoms with Gasteiger partial charge in [0, 0.05) is 6.54 Å². The Kier molecular flexibility index (Phi) is 4.65. The number of nitrogens with zero attached hydrogens (tertiary/aromatic N) is 1. The molecular formula is C6H9N. The first-order valence-electron chi connectivity index (χ1n) is 2.32. The molecule has 0 amide bonds. The first-order chi connectivity index (χ1) is 3.41. The van der Waals surface area contributed by atoms with E-state index in [-0.39, 0.29) is 0 Å². The lowest BCUT2D eigenvalue weighted by atomic mass is 10.6. The zero-order valence-electron chi connectivity index (χ0n) is 4.73. The third kappa shape index (κ3) is 5.23. The lowest BCUT2D eigenvalue weighted by Gasteiger charge is -1.69. The van der Waals surface area contributed by atoms with Gasteiger partial charge in [-0.15, -0.1) is 5.92 Å². The van der Waals surface area contributed by atoms with Gasteiger partial charge in [-0.3, -0.25) is 4.99 Å². The molecule has 0 aromatic carbocycles. The number of aliphatic imine (C=N–C) groups is 1. The van der Waals surface area contributed by atoms with E-state index in [1.54, 1.807) is 13.1 Å². The van der Waals surface area contributed by atoms with Crippen molar-refractivity contribution in [2.45, 2.75) is 13.8 Å². The Morgan fingerprint density at radius 2 is 2.43 bits per heavy atom. The molecule has 7 heavy (non-hydrogen) atoms. The van der Waals surface area contributed by atoms with Gasteiger partial charge in [-0.05, 0) is 13.8 Å². The fourth-order valence-electron chi connectivity index (χ4n) is 0.201. The second kappa shape index (κ2) is 5.23. The molecule has 0 saturated carbocycles. The Balaban J connectivity index is 3.21. The second-order valence-electron chi connectivity index (χ2n) is 1.02. The molecular weight excluding hydrogens is 86.1 g/mol. The van der Waals surface area contributed by atoms with Crippen molar-refractivity contribution in [1.82, 2.24) is 0 Å². The van der Waals surface area contributed by atoms with Crippen LogP contribution in [-0.2, 0) is 0 Å². The van der Waals surface area contributed by atoms with Gasteiger partial charge in [0.05, 0.1) is 6.21 Å². The molecule has 0 aliphatic heterocycles. The van der Waals surface area contributed by atoms with Crippen LogP contribution in [0.1, 0.15) is 13.8 Å². The summed E-state index contributed by atoms with van der Waals surface area (Å²) in [4.78, 5) is 3.86. The Morgan fingerprint density at radius 1 is 1.71 bits per heavy atom. The van der Waals surface area contributed by atoms with Gasteiger partial charge in [-0.25, -0.2) is 0 Å². The molecule has 1 heteroatoms. The molecule has 0 aliphatic rings. The van der Waals surface area contributed by atoms with E-state index < -0.39 is 0 Å². The van der Waals surface area contributed by atoms with Crippen molar-refractivity contribution < 1.29 is 0 Å². The number of hydrogen-bond donors (Lipinski definition) is 0. The maximum atomic E-state index is 3.86. The summed E-state index contributed by atoms with van der Waals surface area (Å²) in [6.07, 6.45) is 1.62. The van der Waals surface area contributed by atoms with E-state index in [9.17, 15) is 0 Å². The highest BCUT2D eigenvalue weighted by atomic mass is 14.7. The van der Waals surface area contributed by atoms with Crippen molar-refractivity contribution in [2.24, 2.45) is 4.99 Å². The minimum atomic E-state index is 0.828. The molecule has 38 valence electrons. The highest BCUT2D eigenvalue weighted by molar-refractivity contribution is 5.77. The van der Waals surface area contributed by atoms with Gasteiger partial charge in [0.15, 0.2) is 0 Å². The predicted molar refractivity (Wildman–Crippen MR) is 32.5 cm³/mol. The van der Waals surface area contributed by atoms with E-state index in [2.05, 4.69) is 16.8 Å². The highest BCUT2D eigenvalue weighted by Crippen LogP contribution is 1.59. The van der Waals surface area contributed by atoms with Crippen LogP contribution in [0.4, 0.5) is 0 Å².